The summed E-state index contributed by atoms with van der Waals surface area (Å²) in [4.78, 5) is 37.5. The second-order valence-electron chi connectivity index (χ2n) is 6.76. The molecule has 0 aliphatic heterocycles. The fraction of sp³-hybridized carbons (Fsp3) is 0.526. The van der Waals surface area contributed by atoms with Crippen molar-refractivity contribution in [3.05, 3.63) is 34.9 Å². The number of carbonyl (C=O) groups is 3. The van der Waals surface area contributed by atoms with Gasteiger partial charge in [-0.25, -0.2) is 4.79 Å². The average Bonchev–Trinajstić information content (AvgIpc) is 3.43. The van der Waals surface area contributed by atoms with E-state index in [1.54, 1.807) is 29.2 Å². The molecule has 3 amide bonds. The number of hydrogen-bond acceptors (Lipinski definition) is 4. The topological polar surface area (TPSA) is 102 Å². The Morgan fingerprint density at radius 2 is 1.96 bits per heavy atom. The standard InChI is InChI=1S/C19H26ClN3O4/c1-2-9-23(11-13-3-4-13)17(24)12-27-18(25)10-16(22-19(21)26)14-5-7-15(20)8-6-14/h5-8,13,16H,2-4,9-12H2,1H3,(H3,21,22,26)/t16-/m1/s1. The van der Waals surface area contributed by atoms with E-state index in [0.717, 1.165) is 25.8 Å². The molecule has 7 nitrogen and oxygen atoms in total. The van der Waals surface area contributed by atoms with Gasteiger partial charge in [-0.15, -0.1) is 0 Å². The number of nitrogens with zero attached hydrogens (tertiary/aromatic N) is 1. The van der Waals surface area contributed by atoms with Gasteiger partial charge in [0.2, 0.25) is 0 Å². The van der Waals surface area contributed by atoms with Gasteiger partial charge in [-0.2, -0.15) is 0 Å². The summed E-state index contributed by atoms with van der Waals surface area (Å²) in [5.74, 6) is -0.201. The summed E-state index contributed by atoms with van der Waals surface area (Å²) in [6.45, 7) is 3.09. The third-order valence-electron chi connectivity index (χ3n) is 4.34. The molecule has 0 bridgehead atoms. The van der Waals surface area contributed by atoms with Crippen molar-refractivity contribution in [1.82, 2.24) is 10.2 Å². The van der Waals surface area contributed by atoms with E-state index in [0.29, 0.717) is 23.0 Å². The average molecular weight is 396 g/mol. The van der Waals surface area contributed by atoms with Crippen LogP contribution in [0.25, 0.3) is 0 Å². The van der Waals surface area contributed by atoms with E-state index in [-0.39, 0.29) is 18.9 Å². The van der Waals surface area contributed by atoms with E-state index < -0.39 is 18.0 Å². The Morgan fingerprint density at radius 3 is 2.52 bits per heavy atom. The van der Waals surface area contributed by atoms with Gasteiger partial charge in [0.25, 0.3) is 5.91 Å². The number of halogens is 1. The highest BCUT2D eigenvalue weighted by atomic mass is 35.5. The summed E-state index contributed by atoms with van der Waals surface area (Å²) < 4.78 is 5.14. The van der Waals surface area contributed by atoms with E-state index in [4.69, 9.17) is 22.1 Å². The van der Waals surface area contributed by atoms with Crippen molar-refractivity contribution in [2.75, 3.05) is 19.7 Å². The van der Waals surface area contributed by atoms with Crippen LogP contribution in [-0.4, -0.2) is 42.5 Å². The van der Waals surface area contributed by atoms with Crippen molar-refractivity contribution in [2.24, 2.45) is 11.7 Å². The monoisotopic (exact) mass is 395 g/mol. The highest BCUT2D eigenvalue weighted by Gasteiger charge is 2.27. The molecule has 0 saturated heterocycles. The van der Waals surface area contributed by atoms with Crippen molar-refractivity contribution in [2.45, 2.75) is 38.6 Å². The first-order chi connectivity index (χ1) is 12.9. The molecule has 1 aliphatic carbocycles. The number of nitrogens with two attached hydrogens (primary N) is 1. The van der Waals surface area contributed by atoms with Gasteiger partial charge in [0.05, 0.1) is 12.5 Å². The fourth-order valence-corrected chi connectivity index (χ4v) is 2.90. The summed E-state index contributed by atoms with van der Waals surface area (Å²) in [6, 6.07) is 5.29. The molecule has 0 aromatic heterocycles. The molecule has 1 atom stereocenters. The largest absolute Gasteiger partial charge is 0.455 e. The summed E-state index contributed by atoms with van der Waals surface area (Å²) in [5, 5.41) is 3.05. The minimum Gasteiger partial charge on any atom is -0.455 e. The van der Waals surface area contributed by atoms with Gasteiger partial charge >= 0.3 is 12.0 Å². The first-order valence-electron chi connectivity index (χ1n) is 9.13. The number of urea groups is 1. The Bertz CT molecular complexity index is 661. The van der Waals surface area contributed by atoms with Crippen molar-refractivity contribution in [3.63, 3.8) is 0 Å². The molecule has 0 radical (unpaired) electrons. The third-order valence-corrected chi connectivity index (χ3v) is 4.59. The van der Waals surface area contributed by atoms with Crippen molar-refractivity contribution in [3.8, 4) is 0 Å². The number of benzene rings is 1. The first kappa shape index (κ1) is 21.0. The van der Waals surface area contributed by atoms with Crippen LogP contribution in [0.4, 0.5) is 4.79 Å². The van der Waals surface area contributed by atoms with Crippen LogP contribution < -0.4 is 11.1 Å². The summed E-state index contributed by atoms with van der Waals surface area (Å²) in [5.41, 5.74) is 5.86. The van der Waals surface area contributed by atoms with Gasteiger partial charge in [-0.3, -0.25) is 9.59 Å². The fourth-order valence-electron chi connectivity index (χ4n) is 2.78. The lowest BCUT2D eigenvalue weighted by Gasteiger charge is -2.22. The summed E-state index contributed by atoms with van der Waals surface area (Å²) in [7, 11) is 0. The van der Waals surface area contributed by atoms with E-state index >= 15 is 0 Å². The quantitative estimate of drug-likeness (QED) is 0.594. The normalized spacial score (nSPS) is 14.3. The first-order valence-corrected chi connectivity index (χ1v) is 9.51. The van der Waals surface area contributed by atoms with Crippen LogP contribution in [0.1, 0.15) is 44.2 Å². The van der Waals surface area contributed by atoms with E-state index in [2.05, 4.69) is 5.32 Å². The number of rotatable bonds is 10. The Hall–Kier alpha value is -2.28. The minimum atomic E-state index is -0.752. The molecule has 2 rings (SSSR count). The van der Waals surface area contributed by atoms with Crippen LogP contribution in [0.5, 0.6) is 0 Å². The SMILES string of the molecule is CCCN(CC1CC1)C(=O)COC(=O)C[C@@H](NC(N)=O)c1ccc(Cl)cc1. The Balaban J connectivity index is 1.89. The molecule has 1 saturated carbocycles. The van der Waals surface area contributed by atoms with E-state index in [1.165, 1.54) is 0 Å². The van der Waals surface area contributed by atoms with Crippen molar-refractivity contribution >= 4 is 29.5 Å². The number of carbonyl (C=O) groups excluding carboxylic acids is 3. The molecule has 8 heteroatoms. The van der Waals surface area contributed by atoms with Gasteiger partial charge in [0.15, 0.2) is 6.61 Å². The smallest absolute Gasteiger partial charge is 0.312 e. The van der Waals surface area contributed by atoms with E-state index in [9.17, 15) is 14.4 Å². The lowest BCUT2D eigenvalue weighted by molar-refractivity contribution is -0.152. The number of amides is 3. The zero-order chi connectivity index (χ0) is 19.8. The number of primary amides is 1. The zero-order valence-corrected chi connectivity index (χ0v) is 16.2. The molecule has 1 fully saturated rings. The van der Waals surface area contributed by atoms with Crippen molar-refractivity contribution < 1.29 is 19.1 Å². The summed E-state index contributed by atoms with van der Waals surface area (Å²) in [6.07, 6.45) is 3.02. The van der Waals surface area contributed by atoms with Gasteiger partial charge in [0, 0.05) is 18.1 Å². The van der Waals surface area contributed by atoms with Crippen LogP contribution in [0, 0.1) is 5.92 Å². The van der Waals surface area contributed by atoms with Gasteiger partial charge < -0.3 is 20.7 Å². The van der Waals surface area contributed by atoms with Crippen molar-refractivity contribution in [1.29, 1.82) is 0 Å². The second-order valence-corrected chi connectivity index (χ2v) is 7.20. The molecule has 1 aliphatic rings. The highest BCUT2D eigenvalue weighted by molar-refractivity contribution is 6.30. The molecule has 0 spiro atoms. The Labute approximate surface area is 164 Å². The molecule has 0 heterocycles. The third kappa shape index (κ3) is 7.46. The molecule has 148 valence electrons. The van der Waals surface area contributed by atoms with Gasteiger partial charge in [-0.1, -0.05) is 30.7 Å². The lowest BCUT2D eigenvalue weighted by atomic mass is 10.0. The molecular weight excluding hydrogens is 370 g/mol. The molecule has 3 N–H and O–H groups in total. The van der Waals surface area contributed by atoms with E-state index in [1.807, 2.05) is 6.92 Å². The highest BCUT2D eigenvalue weighted by Crippen LogP contribution is 2.29. The summed E-state index contributed by atoms with van der Waals surface area (Å²) >= 11 is 5.86. The van der Waals surface area contributed by atoms with Crippen LogP contribution in [0.2, 0.25) is 5.02 Å². The molecule has 27 heavy (non-hydrogen) atoms. The van der Waals surface area contributed by atoms with Gasteiger partial charge in [0.1, 0.15) is 0 Å². The Morgan fingerprint density at radius 1 is 1.30 bits per heavy atom. The van der Waals surface area contributed by atoms with Gasteiger partial charge in [-0.05, 0) is 42.9 Å². The number of esters is 1. The number of ether oxygens (including phenoxy) is 1. The maximum Gasteiger partial charge on any atom is 0.312 e. The lowest BCUT2D eigenvalue weighted by Crippen LogP contribution is -2.37. The molecule has 1 aromatic rings. The zero-order valence-electron chi connectivity index (χ0n) is 15.4. The predicted molar refractivity (Wildman–Crippen MR) is 102 cm³/mol. The predicted octanol–water partition coefficient (Wildman–Crippen LogP) is 2.63. The maximum atomic E-state index is 12.3. The van der Waals surface area contributed by atoms with Crippen LogP contribution >= 0.6 is 11.6 Å². The number of hydrogen-bond donors (Lipinski definition) is 2. The minimum absolute atomic E-state index is 0.131. The number of nitrogens with one attached hydrogen (secondary N) is 1. The second kappa shape index (κ2) is 10.2. The molecule has 1 aromatic carbocycles. The van der Waals surface area contributed by atoms with Crippen LogP contribution in [0.3, 0.4) is 0 Å². The molecular formula is C19H26ClN3O4. The molecule has 0 unspecified atom stereocenters. The van der Waals surface area contributed by atoms with Crippen LogP contribution in [0.15, 0.2) is 24.3 Å². The Kier molecular flexibility index (Phi) is 7.91. The van der Waals surface area contributed by atoms with Crippen LogP contribution in [-0.2, 0) is 14.3 Å². The maximum absolute atomic E-state index is 12.3.